The normalized spacial score (nSPS) is 17.6. The molecule has 6 heteroatoms. The number of halogens is 6. The van der Waals surface area contributed by atoms with Crippen molar-refractivity contribution in [3.63, 3.8) is 0 Å². The first-order chi connectivity index (χ1) is 19.2. The van der Waals surface area contributed by atoms with Gasteiger partial charge >= 0.3 is 6.18 Å². The van der Waals surface area contributed by atoms with Gasteiger partial charge in [0.25, 0.3) is 0 Å². The Morgan fingerprint density at radius 2 is 1.40 bits per heavy atom. The van der Waals surface area contributed by atoms with Crippen LogP contribution in [0.5, 0.6) is 0 Å². The lowest BCUT2D eigenvalue weighted by molar-refractivity contribution is -0.142. The van der Waals surface area contributed by atoms with E-state index in [2.05, 4.69) is 18.8 Å². The predicted octanol–water partition coefficient (Wildman–Crippen LogP) is 10.8. The average molecular weight is 559 g/mol. The van der Waals surface area contributed by atoms with Crippen LogP contribution in [0.1, 0.15) is 99.8 Å². The molecule has 3 aromatic rings. The summed E-state index contributed by atoms with van der Waals surface area (Å²) in [5.41, 5.74) is -1.12. The third kappa shape index (κ3) is 7.83. The first-order valence-electron chi connectivity index (χ1n) is 14.4. The zero-order valence-corrected chi connectivity index (χ0v) is 22.9. The molecule has 214 valence electrons. The lowest BCUT2D eigenvalue weighted by atomic mass is 9.77. The molecule has 0 aliphatic heterocycles. The maximum atomic E-state index is 15.1. The molecule has 0 unspecified atom stereocenters. The second-order valence-electron chi connectivity index (χ2n) is 11.2. The Balaban J connectivity index is 1.35. The van der Waals surface area contributed by atoms with E-state index in [1.807, 2.05) is 12.1 Å². The first-order valence-corrected chi connectivity index (χ1v) is 14.4. The molecule has 0 bridgehead atoms. The van der Waals surface area contributed by atoms with E-state index in [1.54, 1.807) is 12.1 Å². The number of benzene rings is 3. The van der Waals surface area contributed by atoms with Gasteiger partial charge in [0, 0.05) is 10.9 Å². The van der Waals surface area contributed by atoms with Crippen molar-refractivity contribution in [1.29, 1.82) is 0 Å². The molecule has 4 rings (SSSR count). The Labute approximate surface area is 233 Å². The van der Waals surface area contributed by atoms with E-state index >= 15 is 4.39 Å². The Hall–Kier alpha value is -2.94. The lowest BCUT2D eigenvalue weighted by Gasteiger charge is -2.28. The molecule has 1 aliphatic carbocycles. The van der Waals surface area contributed by atoms with Gasteiger partial charge in [0.05, 0.1) is 5.56 Å². The maximum Gasteiger partial charge on any atom is 0.422 e. The van der Waals surface area contributed by atoms with Crippen LogP contribution >= 0.6 is 0 Å². The molecule has 1 fully saturated rings. The Kier molecular flexibility index (Phi) is 10.2. The molecular weight excluding hydrogens is 522 g/mol. The largest absolute Gasteiger partial charge is 0.422 e. The number of alkyl halides is 3. The highest BCUT2D eigenvalue weighted by molar-refractivity contribution is 5.85. The maximum absolute atomic E-state index is 15.1. The summed E-state index contributed by atoms with van der Waals surface area (Å²) in [7, 11) is 0. The number of hydrogen-bond acceptors (Lipinski definition) is 0. The number of rotatable bonds is 9. The Bertz CT molecular complexity index is 1330. The molecule has 0 atom stereocenters. The fraction of sp³-hybridized carbons (Fsp3) is 0.471. The SMILES string of the molecule is CCCCCCCC1CCC(CCc2ccc3c(F)c(C#Cc4cc(F)c(C(F)(F)F)c(F)c4)ccc3c2)CC1. The van der Waals surface area contributed by atoms with Gasteiger partial charge in [-0.15, -0.1) is 0 Å². The summed E-state index contributed by atoms with van der Waals surface area (Å²) >= 11 is 0. The molecule has 0 aromatic heterocycles. The topological polar surface area (TPSA) is 0 Å². The van der Waals surface area contributed by atoms with Gasteiger partial charge in [-0.3, -0.25) is 0 Å². The van der Waals surface area contributed by atoms with E-state index in [0.717, 1.165) is 35.6 Å². The van der Waals surface area contributed by atoms with Crippen molar-refractivity contribution in [2.45, 2.75) is 90.1 Å². The summed E-state index contributed by atoms with van der Waals surface area (Å²) in [5.74, 6) is 2.42. The van der Waals surface area contributed by atoms with Crippen molar-refractivity contribution in [3.8, 4) is 11.8 Å². The van der Waals surface area contributed by atoms with E-state index in [9.17, 15) is 22.0 Å². The Morgan fingerprint density at radius 1 is 0.750 bits per heavy atom. The average Bonchev–Trinajstić information content (AvgIpc) is 2.91. The zero-order valence-electron chi connectivity index (χ0n) is 22.9. The van der Waals surface area contributed by atoms with Gasteiger partial charge in [-0.05, 0) is 53.8 Å². The van der Waals surface area contributed by atoms with Crippen LogP contribution in [0.3, 0.4) is 0 Å². The number of fused-ring (bicyclic) bond motifs is 1. The quantitative estimate of drug-likeness (QED) is 0.139. The second-order valence-corrected chi connectivity index (χ2v) is 11.2. The molecule has 0 saturated heterocycles. The molecule has 0 nitrogen and oxygen atoms in total. The van der Waals surface area contributed by atoms with Crippen molar-refractivity contribution < 1.29 is 26.3 Å². The molecule has 1 aliphatic rings. The minimum absolute atomic E-state index is 0.00286. The van der Waals surface area contributed by atoms with E-state index in [-0.39, 0.29) is 11.1 Å². The predicted molar refractivity (Wildman–Crippen MR) is 148 cm³/mol. The third-order valence-corrected chi connectivity index (χ3v) is 8.21. The molecule has 40 heavy (non-hydrogen) atoms. The van der Waals surface area contributed by atoms with Gasteiger partial charge in [-0.1, -0.05) is 107 Å². The lowest BCUT2D eigenvalue weighted by Crippen LogP contribution is -2.15. The minimum atomic E-state index is -5.16. The molecule has 0 amide bonds. The first kappa shape index (κ1) is 30.0. The fourth-order valence-electron chi connectivity index (χ4n) is 5.87. The van der Waals surface area contributed by atoms with Gasteiger partial charge < -0.3 is 0 Å². The second kappa shape index (κ2) is 13.6. The highest BCUT2D eigenvalue weighted by atomic mass is 19.4. The van der Waals surface area contributed by atoms with Crippen LogP contribution in [0.25, 0.3) is 10.8 Å². The molecule has 0 radical (unpaired) electrons. The van der Waals surface area contributed by atoms with Crippen LogP contribution in [-0.2, 0) is 12.6 Å². The summed E-state index contributed by atoms with van der Waals surface area (Å²) in [4.78, 5) is 0. The van der Waals surface area contributed by atoms with Crippen LogP contribution in [0, 0.1) is 41.1 Å². The highest BCUT2D eigenvalue weighted by Crippen LogP contribution is 2.35. The molecule has 3 aromatic carbocycles. The van der Waals surface area contributed by atoms with Crippen LogP contribution in [0.15, 0.2) is 42.5 Å². The summed E-state index contributed by atoms with van der Waals surface area (Å²) in [6.45, 7) is 2.25. The molecule has 0 N–H and O–H groups in total. The van der Waals surface area contributed by atoms with E-state index in [1.165, 1.54) is 70.3 Å². The Morgan fingerprint density at radius 3 is 2.05 bits per heavy atom. The molecule has 1 saturated carbocycles. The molecule has 0 spiro atoms. The van der Waals surface area contributed by atoms with Crippen molar-refractivity contribution in [2.24, 2.45) is 11.8 Å². The highest BCUT2D eigenvalue weighted by Gasteiger charge is 2.37. The minimum Gasteiger partial charge on any atom is -0.206 e. The van der Waals surface area contributed by atoms with Crippen LogP contribution < -0.4 is 0 Å². The van der Waals surface area contributed by atoms with Gasteiger partial charge in [-0.2, -0.15) is 13.2 Å². The monoisotopic (exact) mass is 558 g/mol. The third-order valence-electron chi connectivity index (χ3n) is 8.21. The van der Waals surface area contributed by atoms with Crippen molar-refractivity contribution >= 4 is 10.8 Å². The zero-order chi connectivity index (χ0) is 28.7. The van der Waals surface area contributed by atoms with E-state index in [4.69, 9.17) is 0 Å². The smallest absolute Gasteiger partial charge is 0.206 e. The summed E-state index contributed by atoms with van der Waals surface area (Å²) in [6.07, 6.45) is 10.2. The van der Waals surface area contributed by atoms with E-state index < -0.39 is 29.2 Å². The van der Waals surface area contributed by atoms with Crippen molar-refractivity contribution in [1.82, 2.24) is 0 Å². The van der Waals surface area contributed by atoms with E-state index in [0.29, 0.717) is 17.5 Å². The molecular formula is C34H36F6. The van der Waals surface area contributed by atoms with Gasteiger partial charge in [-0.25, -0.2) is 13.2 Å². The van der Waals surface area contributed by atoms with Crippen LogP contribution in [0.4, 0.5) is 26.3 Å². The van der Waals surface area contributed by atoms with Gasteiger partial charge in [0.2, 0.25) is 0 Å². The van der Waals surface area contributed by atoms with Crippen LogP contribution in [-0.4, -0.2) is 0 Å². The summed E-state index contributed by atoms with van der Waals surface area (Å²) < 4.78 is 81.2. The van der Waals surface area contributed by atoms with Crippen LogP contribution in [0.2, 0.25) is 0 Å². The standard InChI is InChI=1S/C34H36F6/c1-2-3-4-5-6-7-23-8-10-24(11-9-23)12-13-25-15-19-29-28(20-25)18-17-27(33(29)37)16-14-26-21-30(35)32(31(36)22-26)34(38,39)40/h15,17-24H,2-13H2,1H3. The summed E-state index contributed by atoms with van der Waals surface area (Å²) in [5, 5.41) is 1.11. The fourth-order valence-corrected chi connectivity index (χ4v) is 5.87. The summed E-state index contributed by atoms with van der Waals surface area (Å²) in [6, 6.07) is 9.86. The van der Waals surface area contributed by atoms with Gasteiger partial charge in [0.15, 0.2) is 0 Å². The van der Waals surface area contributed by atoms with Crippen molar-refractivity contribution in [2.75, 3.05) is 0 Å². The van der Waals surface area contributed by atoms with Gasteiger partial charge in [0.1, 0.15) is 23.0 Å². The van der Waals surface area contributed by atoms with Crippen molar-refractivity contribution in [3.05, 3.63) is 82.2 Å². The number of hydrogen-bond donors (Lipinski definition) is 0. The molecule has 0 heterocycles. The number of unbranched alkanes of at least 4 members (excludes halogenated alkanes) is 4. The number of aryl methyl sites for hydroxylation is 1.